The minimum absolute atomic E-state index is 0.00376. The topological polar surface area (TPSA) is 85.1 Å². The van der Waals surface area contributed by atoms with Crippen molar-refractivity contribution in [2.75, 3.05) is 0 Å². The first kappa shape index (κ1) is 15.4. The smallest absolute Gasteiger partial charge is 0.288 e. The SMILES string of the molecule is CCc1cnc(CNC(=O)c2ccc(Cl)c([N+](=O)[O-])c2)s1. The van der Waals surface area contributed by atoms with Gasteiger partial charge >= 0.3 is 0 Å². The predicted molar refractivity (Wildman–Crippen MR) is 80.8 cm³/mol. The van der Waals surface area contributed by atoms with E-state index in [1.54, 1.807) is 6.20 Å². The van der Waals surface area contributed by atoms with E-state index in [9.17, 15) is 14.9 Å². The zero-order valence-corrected chi connectivity index (χ0v) is 12.7. The van der Waals surface area contributed by atoms with Crippen molar-refractivity contribution >= 4 is 34.5 Å². The van der Waals surface area contributed by atoms with Crippen molar-refractivity contribution in [1.29, 1.82) is 0 Å². The average molecular weight is 326 g/mol. The lowest BCUT2D eigenvalue weighted by Gasteiger charge is -2.03. The van der Waals surface area contributed by atoms with Crippen LogP contribution in [0, 0.1) is 10.1 Å². The molecule has 0 aliphatic heterocycles. The second-order valence-electron chi connectivity index (χ2n) is 4.18. The van der Waals surface area contributed by atoms with Gasteiger partial charge in [0.2, 0.25) is 0 Å². The van der Waals surface area contributed by atoms with E-state index in [0.29, 0.717) is 6.54 Å². The van der Waals surface area contributed by atoms with Crippen LogP contribution in [-0.4, -0.2) is 15.8 Å². The molecule has 21 heavy (non-hydrogen) atoms. The van der Waals surface area contributed by atoms with E-state index in [4.69, 9.17) is 11.6 Å². The zero-order valence-electron chi connectivity index (χ0n) is 11.1. The molecule has 0 saturated carbocycles. The van der Waals surface area contributed by atoms with Crippen molar-refractivity contribution in [3.8, 4) is 0 Å². The van der Waals surface area contributed by atoms with Crippen LogP contribution < -0.4 is 5.32 Å². The van der Waals surface area contributed by atoms with Gasteiger partial charge < -0.3 is 5.32 Å². The second kappa shape index (κ2) is 6.64. The molecule has 0 unspecified atom stereocenters. The largest absolute Gasteiger partial charge is 0.346 e. The predicted octanol–water partition coefficient (Wildman–Crippen LogP) is 3.20. The fourth-order valence-electron chi connectivity index (χ4n) is 1.64. The van der Waals surface area contributed by atoms with Crippen molar-refractivity contribution in [3.63, 3.8) is 0 Å². The molecule has 1 aromatic heterocycles. The normalized spacial score (nSPS) is 10.4. The Labute approximate surface area is 129 Å². The standard InChI is InChI=1S/C13H12ClN3O3S/c1-2-9-6-15-12(21-9)7-16-13(18)8-3-4-10(14)11(5-8)17(19)20/h3-6H,2,7H2,1H3,(H,16,18). The Morgan fingerprint density at radius 1 is 1.52 bits per heavy atom. The van der Waals surface area contributed by atoms with E-state index in [1.807, 2.05) is 6.92 Å². The van der Waals surface area contributed by atoms with E-state index in [1.165, 1.54) is 23.5 Å². The van der Waals surface area contributed by atoms with Gasteiger partial charge in [-0.2, -0.15) is 0 Å². The van der Waals surface area contributed by atoms with Gasteiger partial charge in [-0.05, 0) is 18.6 Å². The molecule has 6 nitrogen and oxygen atoms in total. The van der Waals surface area contributed by atoms with Crippen LogP contribution in [0.5, 0.6) is 0 Å². The molecule has 2 aromatic rings. The number of nitrogens with zero attached hydrogens (tertiary/aromatic N) is 2. The van der Waals surface area contributed by atoms with E-state index in [-0.39, 0.29) is 16.3 Å². The number of hydrogen-bond acceptors (Lipinski definition) is 5. The van der Waals surface area contributed by atoms with Gasteiger partial charge in [-0.25, -0.2) is 4.98 Å². The molecule has 8 heteroatoms. The number of nitrogens with one attached hydrogen (secondary N) is 1. The number of aromatic nitrogens is 1. The Morgan fingerprint density at radius 3 is 2.90 bits per heavy atom. The lowest BCUT2D eigenvalue weighted by Crippen LogP contribution is -2.22. The summed E-state index contributed by atoms with van der Waals surface area (Å²) in [5.41, 5.74) is -0.0924. The average Bonchev–Trinajstić information content (AvgIpc) is 2.93. The summed E-state index contributed by atoms with van der Waals surface area (Å²) in [7, 11) is 0. The molecule has 0 saturated heterocycles. The molecular weight excluding hydrogens is 314 g/mol. The summed E-state index contributed by atoms with van der Waals surface area (Å²) in [4.78, 5) is 27.5. The monoisotopic (exact) mass is 325 g/mol. The molecule has 0 fully saturated rings. The lowest BCUT2D eigenvalue weighted by molar-refractivity contribution is -0.384. The number of halogens is 1. The van der Waals surface area contributed by atoms with Gasteiger partial charge in [0.25, 0.3) is 11.6 Å². The van der Waals surface area contributed by atoms with Crippen LogP contribution in [0.2, 0.25) is 5.02 Å². The highest BCUT2D eigenvalue weighted by Gasteiger charge is 2.16. The number of amides is 1. The van der Waals surface area contributed by atoms with Crippen molar-refractivity contribution in [3.05, 3.63) is 55.0 Å². The fraction of sp³-hybridized carbons (Fsp3) is 0.231. The Balaban J connectivity index is 2.06. The summed E-state index contributed by atoms with van der Waals surface area (Å²) in [6.07, 6.45) is 2.67. The summed E-state index contributed by atoms with van der Waals surface area (Å²) >= 11 is 7.23. The highest BCUT2D eigenvalue weighted by molar-refractivity contribution is 7.11. The van der Waals surface area contributed by atoms with Crippen LogP contribution in [0.25, 0.3) is 0 Å². The number of nitro benzene ring substituents is 1. The van der Waals surface area contributed by atoms with Gasteiger partial charge in [0.15, 0.2) is 0 Å². The third-order valence-electron chi connectivity index (χ3n) is 2.76. The molecular formula is C13H12ClN3O3S. The summed E-state index contributed by atoms with van der Waals surface area (Å²) in [5, 5.41) is 14.3. The number of carbonyl (C=O) groups excluding carboxylic acids is 1. The molecule has 0 aliphatic rings. The maximum atomic E-state index is 12.0. The van der Waals surface area contributed by atoms with Gasteiger partial charge in [-0.3, -0.25) is 14.9 Å². The molecule has 110 valence electrons. The summed E-state index contributed by atoms with van der Waals surface area (Å²) in [5.74, 6) is -0.400. The van der Waals surface area contributed by atoms with Gasteiger partial charge in [-0.15, -0.1) is 11.3 Å². The quantitative estimate of drug-likeness (QED) is 0.675. The first-order valence-electron chi connectivity index (χ1n) is 6.17. The molecule has 1 amide bonds. The first-order chi connectivity index (χ1) is 10.0. The molecule has 0 aliphatic carbocycles. The number of carbonyl (C=O) groups is 1. The molecule has 0 atom stereocenters. The Hall–Kier alpha value is -1.99. The molecule has 1 heterocycles. The highest BCUT2D eigenvalue weighted by Crippen LogP contribution is 2.25. The Morgan fingerprint density at radius 2 is 2.29 bits per heavy atom. The molecule has 0 bridgehead atoms. The third-order valence-corrected chi connectivity index (χ3v) is 4.22. The number of benzene rings is 1. The number of nitro groups is 1. The maximum Gasteiger partial charge on any atom is 0.288 e. The molecule has 1 N–H and O–H groups in total. The van der Waals surface area contributed by atoms with Gasteiger partial charge in [-0.1, -0.05) is 18.5 Å². The first-order valence-corrected chi connectivity index (χ1v) is 7.36. The molecule has 1 aromatic carbocycles. The molecule has 0 radical (unpaired) electrons. The third kappa shape index (κ3) is 3.77. The Bertz CT molecular complexity index is 687. The fourth-order valence-corrected chi connectivity index (χ4v) is 2.63. The lowest BCUT2D eigenvalue weighted by atomic mass is 10.2. The van der Waals surface area contributed by atoms with Crippen molar-refractivity contribution in [1.82, 2.24) is 10.3 Å². The second-order valence-corrected chi connectivity index (χ2v) is 5.79. The number of hydrogen-bond donors (Lipinski definition) is 1. The van der Waals surface area contributed by atoms with Crippen molar-refractivity contribution in [2.24, 2.45) is 0 Å². The van der Waals surface area contributed by atoms with Gasteiger partial charge in [0, 0.05) is 22.7 Å². The molecule has 0 spiro atoms. The van der Waals surface area contributed by atoms with Crippen LogP contribution in [-0.2, 0) is 13.0 Å². The van der Waals surface area contributed by atoms with Crippen LogP contribution in [0.15, 0.2) is 24.4 Å². The Kier molecular flexibility index (Phi) is 4.87. The van der Waals surface area contributed by atoms with Crippen LogP contribution in [0.4, 0.5) is 5.69 Å². The van der Waals surface area contributed by atoms with E-state index in [2.05, 4.69) is 10.3 Å². The summed E-state index contributed by atoms with van der Waals surface area (Å²) in [6.45, 7) is 2.32. The summed E-state index contributed by atoms with van der Waals surface area (Å²) < 4.78 is 0. The number of aryl methyl sites for hydroxylation is 1. The van der Waals surface area contributed by atoms with Crippen LogP contribution in [0.1, 0.15) is 27.2 Å². The van der Waals surface area contributed by atoms with E-state index < -0.39 is 10.8 Å². The summed E-state index contributed by atoms with van der Waals surface area (Å²) in [6, 6.07) is 3.95. The number of thiazole rings is 1. The minimum Gasteiger partial charge on any atom is -0.346 e. The molecule has 2 rings (SSSR count). The van der Waals surface area contributed by atoms with Gasteiger partial charge in [0.05, 0.1) is 11.5 Å². The van der Waals surface area contributed by atoms with Crippen molar-refractivity contribution in [2.45, 2.75) is 19.9 Å². The van der Waals surface area contributed by atoms with Gasteiger partial charge in [0.1, 0.15) is 10.0 Å². The van der Waals surface area contributed by atoms with Crippen LogP contribution in [0.3, 0.4) is 0 Å². The van der Waals surface area contributed by atoms with Crippen LogP contribution >= 0.6 is 22.9 Å². The van der Waals surface area contributed by atoms with E-state index >= 15 is 0 Å². The minimum atomic E-state index is -0.618. The van der Waals surface area contributed by atoms with E-state index in [0.717, 1.165) is 22.4 Å². The number of rotatable bonds is 5. The van der Waals surface area contributed by atoms with Crippen molar-refractivity contribution < 1.29 is 9.72 Å². The highest BCUT2D eigenvalue weighted by atomic mass is 35.5. The zero-order chi connectivity index (χ0) is 15.4. The maximum absolute atomic E-state index is 12.0.